The topological polar surface area (TPSA) is 68.3 Å². The molecule has 22 heavy (non-hydrogen) atoms. The number of aromatic nitrogens is 1. The Bertz CT molecular complexity index is 598. The lowest BCUT2D eigenvalue weighted by molar-refractivity contribution is -0.150. The number of thiazole rings is 1. The largest absolute Gasteiger partial charge is 0.340 e. The maximum Gasteiger partial charge on any atom is 0.335 e. The summed E-state index contributed by atoms with van der Waals surface area (Å²) >= 11 is 2.06. The minimum absolute atomic E-state index is 0.0778. The van der Waals surface area contributed by atoms with Crippen molar-refractivity contribution in [2.24, 2.45) is 5.92 Å². The molecule has 1 amide bonds. The van der Waals surface area contributed by atoms with Crippen LogP contribution in [0.2, 0.25) is 0 Å². The molecule has 1 aliphatic rings. The van der Waals surface area contributed by atoms with Gasteiger partial charge >= 0.3 is 12.0 Å². The third kappa shape index (κ3) is 5.02. The van der Waals surface area contributed by atoms with Crippen LogP contribution in [0.3, 0.4) is 0 Å². The molecule has 1 aliphatic carbocycles. The Morgan fingerprint density at radius 1 is 1.41 bits per heavy atom. The van der Waals surface area contributed by atoms with E-state index in [1.54, 1.807) is 0 Å². The van der Waals surface area contributed by atoms with E-state index in [9.17, 15) is 22.8 Å². The normalized spacial score (nSPS) is 13.6. The van der Waals surface area contributed by atoms with Gasteiger partial charge in [-0.2, -0.15) is 14.3 Å². The highest BCUT2D eigenvalue weighted by Crippen LogP contribution is 2.30. The van der Waals surface area contributed by atoms with E-state index < -0.39 is 30.2 Å². The SMILES string of the molecule is O=C(NOC(=O)C1CC1)c1cnc(SCCC(F)=C(F)F)s1. The molecule has 1 fully saturated rings. The van der Waals surface area contributed by atoms with Gasteiger partial charge in [0, 0.05) is 12.2 Å². The number of halogens is 3. The Morgan fingerprint density at radius 2 is 2.14 bits per heavy atom. The summed E-state index contributed by atoms with van der Waals surface area (Å²) in [5, 5.41) is 0. The van der Waals surface area contributed by atoms with Gasteiger partial charge in [-0.3, -0.25) is 4.79 Å². The molecule has 0 bridgehead atoms. The fourth-order valence-corrected chi connectivity index (χ4v) is 3.17. The predicted molar refractivity (Wildman–Crippen MR) is 74.1 cm³/mol. The van der Waals surface area contributed by atoms with Crippen LogP contribution < -0.4 is 5.48 Å². The molecule has 2 rings (SSSR count). The van der Waals surface area contributed by atoms with Gasteiger partial charge in [-0.05, 0) is 12.8 Å². The molecule has 10 heteroatoms. The number of rotatable bonds is 6. The van der Waals surface area contributed by atoms with Gasteiger partial charge in [0.25, 0.3) is 5.91 Å². The zero-order valence-electron chi connectivity index (χ0n) is 11.1. The van der Waals surface area contributed by atoms with Crippen LogP contribution in [0.1, 0.15) is 28.9 Å². The zero-order chi connectivity index (χ0) is 16.1. The van der Waals surface area contributed by atoms with Crippen LogP contribution in [-0.4, -0.2) is 22.6 Å². The first-order valence-electron chi connectivity index (χ1n) is 6.26. The molecule has 5 nitrogen and oxygen atoms in total. The second-order valence-corrected chi connectivity index (χ2v) is 6.75. The summed E-state index contributed by atoms with van der Waals surface area (Å²) in [6.45, 7) is 0. The Balaban J connectivity index is 1.76. The standard InChI is InChI=1S/C12H11F3N2O3S2/c13-7(9(14)15)3-4-21-12-16-5-8(22-12)10(18)17-20-11(19)6-1-2-6/h5-6H,1-4H2,(H,17,18). The number of carbonyl (C=O) groups is 2. The van der Waals surface area contributed by atoms with Crippen molar-refractivity contribution in [3.05, 3.63) is 23.0 Å². The maximum atomic E-state index is 12.6. The number of hydrogen-bond acceptors (Lipinski definition) is 6. The molecule has 120 valence electrons. The molecular formula is C12H11F3N2O3S2. The van der Waals surface area contributed by atoms with Gasteiger partial charge in [0.15, 0.2) is 10.2 Å². The smallest absolute Gasteiger partial charge is 0.335 e. The van der Waals surface area contributed by atoms with E-state index in [1.165, 1.54) is 6.20 Å². The number of carbonyl (C=O) groups excluding carboxylic acids is 2. The van der Waals surface area contributed by atoms with E-state index in [1.807, 2.05) is 5.48 Å². The highest BCUT2D eigenvalue weighted by atomic mass is 32.2. The van der Waals surface area contributed by atoms with Gasteiger partial charge in [-0.1, -0.05) is 11.8 Å². The highest BCUT2D eigenvalue weighted by Gasteiger charge is 2.32. The Kier molecular flexibility index (Phi) is 5.83. The van der Waals surface area contributed by atoms with Gasteiger partial charge in [-0.25, -0.2) is 14.2 Å². The summed E-state index contributed by atoms with van der Waals surface area (Å²) in [4.78, 5) is 31.7. The number of nitrogens with one attached hydrogen (secondary N) is 1. The molecule has 1 heterocycles. The fraction of sp³-hybridized carbons (Fsp3) is 0.417. The van der Waals surface area contributed by atoms with Gasteiger partial charge in [-0.15, -0.1) is 11.3 Å². The first-order valence-corrected chi connectivity index (χ1v) is 8.07. The zero-order valence-corrected chi connectivity index (χ0v) is 12.7. The van der Waals surface area contributed by atoms with Crippen molar-refractivity contribution in [2.75, 3.05) is 5.75 Å². The molecule has 1 aromatic rings. The summed E-state index contributed by atoms with van der Waals surface area (Å²) in [5.74, 6) is -2.59. The first-order chi connectivity index (χ1) is 10.5. The summed E-state index contributed by atoms with van der Waals surface area (Å²) in [6.07, 6.45) is 0.0703. The minimum Gasteiger partial charge on any atom is -0.340 e. The van der Waals surface area contributed by atoms with E-state index >= 15 is 0 Å². The lowest BCUT2D eigenvalue weighted by atomic mass is 10.4. The molecule has 1 saturated carbocycles. The molecule has 0 aliphatic heterocycles. The van der Waals surface area contributed by atoms with Gasteiger partial charge in [0.2, 0.25) is 0 Å². The molecule has 0 aromatic carbocycles. The lowest BCUT2D eigenvalue weighted by Gasteiger charge is -2.02. The molecular weight excluding hydrogens is 341 g/mol. The quantitative estimate of drug-likeness (QED) is 0.628. The van der Waals surface area contributed by atoms with Crippen molar-refractivity contribution < 1.29 is 27.6 Å². The Labute approximate surface area is 131 Å². The Morgan fingerprint density at radius 3 is 2.77 bits per heavy atom. The number of hydroxylamine groups is 1. The van der Waals surface area contributed by atoms with E-state index in [4.69, 9.17) is 0 Å². The summed E-state index contributed by atoms with van der Waals surface area (Å²) in [5.41, 5.74) is 2.03. The van der Waals surface area contributed by atoms with Gasteiger partial charge < -0.3 is 4.84 Å². The molecule has 1 N–H and O–H groups in total. The fourth-order valence-electron chi connectivity index (χ4n) is 1.30. The monoisotopic (exact) mass is 352 g/mol. The van der Waals surface area contributed by atoms with E-state index in [2.05, 4.69) is 9.82 Å². The van der Waals surface area contributed by atoms with Crippen LogP contribution in [0.4, 0.5) is 13.2 Å². The van der Waals surface area contributed by atoms with Crippen LogP contribution in [-0.2, 0) is 9.63 Å². The number of thioether (sulfide) groups is 1. The molecule has 0 saturated heterocycles. The summed E-state index contributed by atoms with van der Waals surface area (Å²) in [7, 11) is 0. The highest BCUT2D eigenvalue weighted by molar-refractivity contribution is 8.01. The van der Waals surface area contributed by atoms with Crippen molar-refractivity contribution in [1.82, 2.24) is 10.5 Å². The van der Waals surface area contributed by atoms with Crippen molar-refractivity contribution in [3.8, 4) is 0 Å². The van der Waals surface area contributed by atoms with Crippen LogP contribution in [0, 0.1) is 5.92 Å². The minimum atomic E-state index is -2.32. The maximum absolute atomic E-state index is 12.6. The van der Waals surface area contributed by atoms with E-state index in [0.29, 0.717) is 4.34 Å². The van der Waals surface area contributed by atoms with Crippen LogP contribution in [0.25, 0.3) is 0 Å². The summed E-state index contributed by atoms with van der Waals surface area (Å²) in [6, 6.07) is 0. The number of amides is 1. The lowest BCUT2D eigenvalue weighted by Crippen LogP contribution is -2.27. The van der Waals surface area contributed by atoms with E-state index in [-0.39, 0.29) is 16.5 Å². The molecule has 0 atom stereocenters. The second-order valence-electron chi connectivity index (χ2n) is 4.38. The molecule has 0 unspecified atom stereocenters. The molecule has 1 aromatic heterocycles. The Hall–Kier alpha value is -1.55. The third-order valence-corrected chi connectivity index (χ3v) is 4.77. The first kappa shape index (κ1) is 16.8. The van der Waals surface area contributed by atoms with Crippen molar-refractivity contribution in [1.29, 1.82) is 0 Å². The van der Waals surface area contributed by atoms with Crippen LogP contribution >= 0.6 is 23.1 Å². The molecule has 0 spiro atoms. The number of nitrogens with zero attached hydrogens (tertiary/aromatic N) is 1. The van der Waals surface area contributed by atoms with Gasteiger partial charge in [0.1, 0.15) is 4.88 Å². The average molecular weight is 352 g/mol. The van der Waals surface area contributed by atoms with Crippen LogP contribution in [0.5, 0.6) is 0 Å². The van der Waals surface area contributed by atoms with Crippen molar-refractivity contribution in [2.45, 2.75) is 23.6 Å². The van der Waals surface area contributed by atoms with E-state index in [0.717, 1.165) is 35.9 Å². The van der Waals surface area contributed by atoms with Crippen molar-refractivity contribution >= 4 is 35.0 Å². The number of hydrogen-bond donors (Lipinski definition) is 1. The predicted octanol–water partition coefficient (Wildman–Crippen LogP) is 3.30. The summed E-state index contributed by atoms with van der Waals surface area (Å²) < 4.78 is 36.8. The second kappa shape index (κ2) is 7.63. The average Bonchev–Trinajstić information content (AvgIpc) is 3.23. The molecule has 0 radical (unpaired) electrons. The van der Waals surface area contributed by atoms with Gasteiger partial charge in [0.05, 0.1) is 12.1 Å². The number of allylic oxidation sites excluding steroid dienone is 1. The van der Waals surface area contributed by atoms with Crippen LogP contribution in [0.15, 0.2) is 22.4 Å². The third-order valence-electron chi connectivity index (χ3n) is 2.62. The van der Waals surface area contributed by atoms with Crippen molar-refractivity contribution in [3.63, 3.8) is 0 Å².